The minimum absolute atomic E-state index is 0.00467. The van der Waals surface area contributed by atoms with Crippen LogP contribution in [0.5, 0.6) is 28.7 Å². The Bertz CT molecular complexity index is 753. The summed E-state index contributed by atoms with van der Waals surface area (Å²) < 4.78 is 10.8. The smallest absolute Gasteiger partial charge is 0.174 e. The highest BCUT2D eigenvalue weighted by Gasteiger charge is 2.31. The molecule has 3 rings (SSSR count). The van der Waals surface area contributed by atoms with E-state index in [2.05, 4.69) is 0 Å². The van der Waals surface area contributed by atoms with Gasteiger partial charge in [-0.3, -0.25) is 4.79 Å². The van der Waals surface area contributed by atoms with Crippen molar-refractivity contribution in [3.8, 4) is 28.7 Å². The van der Waals surface area contributed by atoms with Gasteiger partial charge >= 0.3 is 0 Å². The predicted octanol–water partition coefficient (Wildman–Crippen LogP) is 2.52. The number of methoxy groups -OCH3 is 1. The van der Waals surface area contributed by atoms with Crippen LogP contribution in [0.3, 0.4) is 0 Å². The van der Waals surface area contributed by atoms with Crippen molar-refractivity contribution in [2.45, 2.75) is 12.5 Å². The Morgan fingerprint density at radius 2 is 1.82 bits per heavy atom. The van der Waals surface area contributed by atoms with Gasteiger partial charge in [-0.2, -0.15) is 0 Å². The first-order valence-electron chi connectivity index (χ1n) is 6.61. The number of hydrogen-bond acceptors (Lipinski definition) is 6. The Balaban J connectivity index is 2.02. The highest BCUT2D eigenvalue weighted by molar-refractivity contribution is 6.02. The molecular weight excluding hydrogens is 288 g/mol. The van der Waals surface area contributed by atoms with Crippen LogP contribution in [0.15, 0.2) is 30.3 Å². The maximum Gasteiger partial charge on any atom is 0.174 e. The second-order valence-electron chi connectivity index (χ2n) is 5.04. The number of phenolic OH excluding ortho intramolecular Hbond substituents is 3. The third-order valence-electron chi connectivity index (χ3n) is 3.51. The molecule has 22 heavy (non-hydrogen) atoms. The van der Waals surface area contributed by atoms with Gasteiger partial charge in [0.1, 0.15) is 40.4 Å². The molecule has 6 nitrogen and oxygen atoms in total. The van der Waals surface area contributed by atoms with E-state index in [0.29, 0.717) is 11.3 Å². The predicted molar refractivity (Wildman–Crippen MR) is 76.7 cm³/mol. The Hall–Kier alpha value is -2.89. The molecule has 114 valence electrons. The van der Waals surface area contributed by atoms with Crippen LogP contribution in [0.1, 0.15) is 28.4 Å². The van der Waals surface area contributed by atoms with Gasteiger partial charge in [-0.15, -0.1) is 0 Å². The van der Waals surface area contributed by atoms with E-state index in [1.165, 1.54) is 25.3 Å². The number of phenols is 3. The normalized spacial score (nSPS) is 16.8. The number of rotatable bonds is 2. The van der Waals surface area contributed by atoms with Crippen LogP contribution >= 0.6 is 0 Å². The van der Waals surface area contributed by atoms with E-state index >= 15 is 0 Å². The number of hydrogen-bond donors (Lipinski definition) is 3. The van der Waals surface area contributed by atoms with Gasteiger partial charge in [-0.1, -0.05) is 0 Å². The van der Waals surface area contributed by atoms with Gasteiger partial charge in [-0.05, 0) is 12.1 Å². The van der Waals surface area contributed by atoms with Crippen LogP contribution in [-0.4, -0.2) is 28.2 Å². The number of ether oxygens (including phenoxy) is 2. The summed E-state index contributed by atoms with van der Waals surface area (Å²) in [5.41, 5.74) is 0.625. The zero-order valence-electron chi connectivity index (χ0n) is 11.7. The summed E-state index contributed by atoms with van der Waals surface area (Å²) in [5.74, 6) is -0.261. The van der Waals surface area contributed by atoms with Crippen LogP contribution in [0.2, 0.25) is 0 Å². The van der Waals surface area contributed by atoms with Crippen molar-refractivity contribution in [3.05, 3.63) is 41.5 Å². The first-order chi connectivity index (χ1) is 10.5. The molecule has 0 unspecified atom stereocenters. The summed E-state index contributed by atoms with van der Waals surface area (Å²) in [7, 11) is 1.47. The van der Waals surface area contributed by atoms with Crippen LogP contribution in [0, 0.1) is 0 Å². The van der Waals surface area contributed by atoms with Crippen molar-refractivity contribution >= 4 is 5.78 Å². The third kappa shape index (κ3) is 2.39. The van der Waals surface area contributed by atoms with Crippen LogP contribution in [0.25, 0.3) is 0 Å². The minimum atomic E-state index is -0.637. The van der Waals surface area contributed by atoms with Crippen molar-refractivity contribution < 1.29 is 29.6 Å². The van der Waals surface area contributed by atoms with Crippen LogP contribution in [-0.2, 0) is 0 Å². The number of benzene rings is 2. The number of carbonyl (C=O) groups is 1. The second kappa shape index (κ2) is 5.14. The van der Waals surface area contributed by atoms with Crippen LogP contribution < -0.4 is 9.47 Å². The molecule has 0 spiro atoms. The van der Waals surface area contributed by atoms with Crippen molar-refractivity contribution in [2.24, 2.45) is 0 Å². The van der Waals surface area contributed by atoms with Crippen molar-refractivity contribution in [3.63, 3.8) is 0 Å². The molecule has 0 saturated carbocycles. The van der Waals surface area contributed by atoms with Gasteiger partial charge in [0.25, 0.3) is 0 Å². The van der Waals surface area contributed by atoms with Crippen molar-refractivity contribution in [1.82, 2.24) is 0 Å². The number of fused-ring (bicyclic) bond motifs is 1. The number of Topliss-reactive ketones (excluding diaryl/α,β-unsaturated/α-hetero) is 1. The standard InChI is InChI=1S/C16H14O6/c1-21-11-3-8(2-9(17)4-11)14-7-13(20)16-12(19)5-10(18)6-15(16)22-14/h2-6,14,17-19H,7H2,1H3/t14-/m1/s1. The molecule has 0 amide bonds. The molecule has 2 aromatic rings. The third-order valence-corrected chi connectivity index (χ3v) is 3.51. The van der Waals surface area contributed by atoms with E-state index in [9.17, 15) is 20.1 Å². The molecule has 1 aliphatic heterocycles. The molecule has 1 aliphatic rings. The topological polar surface area (TPSA) is 96.2 Å². The fourth-order valence-corrected chi connectivity index (χ4v) is 2.52. The fourth-order valence-electron chi connectivity index (χ4n) is 2.52. The summed E-state index contributed by atoms with van der Waals surface area (Å²) >= 11 is 0. The molecule has 0 radical (unpaired) electrons. The first kappa shape index (κ1) is 14.1. The maximum atomic E-state index is 12.2. The van der Waals surface area contributed by atoms with E-state index in [1.807, 2.05) is 0 Å². The molecule has 1 heterocycles. The van der Waals surface area contributed by atoms with Gasteiger partial charge in [-0.25, -0.2) is 0 Å². The first-order valence-corrected chi connectivity index (χ1v) is 6.61. The van der Waals surface area contributed by atoms with Crippen LogP contribution in [0.4, 0.5) is 0 Å². The van der Waals surface area contributed by atoms with Gasteiger partial charge in [0.05, 0.1) is 13.5 Å². The summed E-state index contributed by atoms with van der Waals surface area (Å²) in [5, 5.41) is 29.0. The fraction of sp³-hybridized carbons (Fsp3) is 0.188. The zero-order valence-corrected chi connectivity index (χ0v) is 11.7. The van der Waals surface area contributed by atoms with E-state index in [1.54, 1.807) is 6.07 Å². The molecule has 0 saturated heterocycles. The lowest BCUT2D eigenvalue weighted by Crippen LogP contribution is -2.20. The average molecular weight is 302 g/mol. The molecule has 0 fully saturated rings. The van der Waals surface area contributed by atoms with Crippen molar-refractivity contribution in [2.75, 3.05) is 7.11 Å². The summed E-state index contributed by atoms with van der Waals surface area (Å²) in [6, 6.07) is 6.95. The Morgan fingerprint density at radius 1 is 1.09 bits per heavy atom. The van der Waals surface area contributed by atoms with Crippen molar-refractivity contribution in [1.29, 1.82) is 0 Å². The summed E-state index contributed by atoms with van der Waals surface area (Å²) in [4.78, 5) is 12.2. The molecule has 0 aromatic heterocycles. The quantitative estimate of drug-likeness (QED) is 0.789. The molecule has 0 bridgehead atoms. The lowest BCUT2D eigenvalue weighted by molar-refractivity contribution is 0.0844. The highest BCUT2D eigenvalue weighted by atomic mass is 16.5. The van der Waals surface area contributed by atoms with Gasteiger partial charge in [0.15, 0.2) is 5.78 Å². The van der Waals surface area contributed by atoms with Gasteiger partial charge < -0.3 is 24.8 Å². The molecule has 0 aliphatic carbocycles. The molecule has 2 aromatic carbocycles. The minimum Gasteiger partial charge on any atom is -0.508 e. The summed E-state index contributed by atoms with van der Waals surface area (Å²) in [6.07, 6.45) is -0.625. The Kier molecular flexibility index (Phi) is 3.29. The highest BCUT2D eigenvalue weighted by Crippen LogP contribution is 2.42. The SMILES string of the molecule is COc1cc(O)cc([C@H]2CC(=O)c3c(O)cc(O)cc3O2)c1. The maximum absolute atomic E-state index is 12.2. The van der Waals surface area contributed by atoms with E-state index < -0.39 is 6.10 Å². The van der Waals surface area contributed by atoms with Gasteiger partial charge in [0.2, 0.25) is 0 Å². The van der Waals surface area contributed by atoms with E-state index in [4.69, 9.17) is 9.47 Å². The number of ketones is 1. The van der Waals surface area contributed by atoms with E-state index in [0.717, 1.165) is 6.07 Å². The number of aromatic hydroxyl groups is 3. The van der Waals surface area contributed by atoms with E-state index in [-0.39, 0.29) is 40.8 Å². The molecule has 3 N–H and O–H groups in total. The molecular formula is C16H14O6. The molecule has 1 atom stereocenters. The average Bonchev–Trinajstić information content (AvgIpc) is 2.45. The molecule has 6 heteroatoms. The lowest BCUT2D eigenvalue weighted by Gasteiger charge is -2.26. The summed E-state index contributed by atoms with van der Waals surface area (Å²) in [6.45, 7) is 0. The monoisotopic (exact) mass is 302 g/mol. The second-order valence-corrected chi connectivity index (χ2v) is 5.04. The Morgan fingerprint density at radius 3 is 2.55 bits per heavy atom. The zero-order chi connectivity index (χ0) is 15.9. The number of carbonyl (C=O) groups excluding carboxylic acids is 1. The Labute approximate surface area is 126 Å². The lowest BCUT2D eigenvalue weighted by atomic mass is 9.95. The largest absolute Gasteiger partial charge is 0.508 e. The van der Waals surface area contributed by atoms with Gasteiger partial charge in [0, 0.05) is 23.8 Å².